The van der Waals surface area contributed by atoms with E-state index in [-0.39, 0.29) is 39.4 Å². The number of nitrogens with zero attached hydrogens (tertiary/aromatic N) is 2. The van der Waals surface area contributed by atoms with E-state index in [1.165, 1.54) is 6.92 Å². The molecule has 8 nitrogen and oxygen atoms in total. The third kappa shape index (κ3) is 4.19. The van der Waals surface area contributed by atoms with E-state index in [0.717, 1.165) is 12.1 Å². The van der Waals surface area contributed by atoms with E-state index < -0.39 is 17.5 Å². The summed E-state index contributed by atoms with van der Waals surface area (Å²) in [6.45, 7) is 4.70. The summed E-state index contributed by atoms with van der Waals surface area (Å²) in [7, 11) is 0. The van der Waals surface area contributed by atoms with Crippen molar-refractivity contribution in [2.24, 2.45) is 0 Å². The molecule has 0 aliphatic heterocycles. The molecule has 0 fully saturated rings. The Morgan fingerprint density at radius 1 is 1.21 bits per heavy atom. The van der Waals surface area contributed by atoms with Crippen LogP contribution in [0.5, 0.6) is 5.75 Å². The second-order valence-electron chi connectivity index (χ2n) is 6.34. The zero-order valence-electron chi connectivity index (χ0n) is 15.7. The van der Waals surface area contributed by atoms with Gasteiger partial charge in [-0.2, -0.15) is 5.10 Å². The molecule has 4 N–H and O–H groups in total. The molecule has 0 radical (unpaired) electrons. The van der Waals surface area contributed by atoms with Crippen LogP contribution in [0.25, 0.3) is 11.3 Å². The minimum absolute atomic E-state index is 0.0248. The van der Waals surface area contributed by atoms with Gasteiger partial charge >= 0.3 is 0 Å². The van der Waals surface area contributed by atoms with Gasteiger partial charge in [-0.1, -0.05) is 17.7 Å². The summed E-state index contributed by atoms with van der Waals surface area (Å²) in [5.74, 6) is -2.01. The number of halogens is 2. The van der Waals surface area contributed by atoms with Gasteiger partial charge in [0.25, 0.3) is 5.91 Å². The van der Waals surface area contributed by atoms with E-state index in [4.69, 9.17) is 11.6 Å². The number of anilines is 2. The topological polar surface area (TPSA) is 120 Å². The number of aromatic amines is 1. The van der Waals surface area contributed by atoms with Crippen molar-refractivity contribution in [1.82, 2.24) is 15.2 Å². The van der Waals surface area contributed by atoms with Gasteiger partial charge in [0.15, 0.2) is 0 Å². The number of pyridine rings is 1. The second-order valence-corrected chi connectivity index (χ2v) is 6.72. The Hall–Kier alpha value is -3.46. The smallest absolute Gasteiger partial charge is 0.259 e. The predicted molar refractivity (Wildman–Crippen MR) is 107 cm³/mol. The summed E-state index contributed by atoms with van der Waals surface area (Å²) in [4.78, 5) is 28.0. The van der Waals surface area contributed by atoms with Gasteiger partial charge in [0, 0.05) is 12.5 Å². The van der Waals surface area contributed by atoms with Crippen LogP contribution in [0.1, 0.15) is 28.5 Å². The minimum atomic E-state index is -0.770. The summed E-state index contributed by atoms with van der Waals surface area (Å²) < 4.78 is 14.7. The number of benzene rings is 1. The molecule has 0 spiro atoms. The zero-order chi connectivity index (χ0) is 21.3. The van der Waals surface area contributed by atoms with Crippen molar-refractivity contribution < 1.29 is 19.1 Å². The molecular weight excluding hydrogens is 401 g/mol. The van der Waals surface area contributed by atoms with Gasteiger partial charge in [-0.05, 0) is 37.6 Å². The first-order valence-corrected chi connectivity index (χ1v) is 8.85. The standard InChI is InChI=1S/C19H17ClFN5O3/c1-8-4-5-14(23-18(8)22-10(3)27)11-7-15(28)12(6-13(11)21)19(29)24-16-9(2)25-26-17(16)20/h4-7,28H,1-3H3,(H,24,29)(H,25,26)(H,22,23,27). The Bertz CT molecular complexity index is 1110. The van der Waals surface area contributed by atoms with Crippen LogP contribution in [0.4, 0.5) is 15.9 Å². The van der Waals surface area contributed by atoms with E-state index in [1.807, 2.05) is 0 Å². The van der Waals surface area contributed by atoms with Crippen LogP contribution in [0, 0.1) is 19.7 Å². The molecule has 2 amide bonds. The van der Waals surface area contributed by atoms with Gasteiger partial charge in [-0.25, -0.2) is 9.37 Å². The molecule has 0 bridgehead atoms. The Kier molecular flexibility index (Phi) is 5.51. The quantitative estimate of drug-likeness (QED) is 0.514. The highest BCUT2D eigenvalue weighted by Gasteiger charge is 2.20. The Labute approximate surface area is 170 Å². The molecular formula is C19H17ClFN5O3. The van der Waals surface area contributed by atoms with Gasteiger partial charge in [0.05, 0.1) is 17.0 Å². The predicted octanol–water partition coefficient (Wildman–Crippen LogP) is 3.80. The van der Waals surface area contributed by atoms with Crippen LogP contribution in [-0.4, -0.2) is 32.1 Å². The number of hydrogen-bond acceptors (Lipinski definition) is 5. The summed E-state index contributed by atoms with van der Waals surface area (Å²) in [5.41, 5.74) is 1.25. The molecule has 0 atom stereocenters. The highest BCUT2D eigenvalue weighted by molar-refractivity contribution is 6.33. The first-order valence-electron chi connectivity index (χ1n) is 8.47. The molecule has 3 aromatic rings. The number of hydrogen-bond donors (Lipinski definition) is 4. The van der Waals surface area contributed by atoms with E-state index in [2.05, 4.69) is 25.8 Å². The molecule has 3 rings (SSSR count). The lowest BCUT2D eigenvalue weighted by Crippen LogP contribution is -2.13. The van der Waals surface area contributed by atoms with Gasteiger partial charge < -0.3 is 15.7 Å². The van der Waals surface area contributed by atoms with Crippen LogP contribution in [-0.2, 0) is 4.79 Å². The molecule has 1 aromatic carbocycles. The van der Waals surface area contributed by atoms with Gasteiger partial charge in [-0.3, -0.25) is 14.7 Å². The maximum atomic E-state index is 14.7. The fraction of sp³-hybridized carbons (Fsp3) is 0.158. The molecule has 2 aromatic heterocycles. The normalized spacial score (nSPS) is 10.7. The SMILES string of the molecule is CC(=O)Nc1nc(-c2cc(O)c(C(=O)Nc3c(C)n[nH]c3Cl)cc2F)ccc1C. The number of nitrogens with one attached hydrogen (secondary N) is 3. The van der Waals surface area contributed by atoms with E-state index in [1.54, 1.807) is 26.0 Å². The molecule has 0 aliphatic carbocycles. The molecule has 0 saturated heterocycles. The van der Waals surface area contributed by atoms with Gasteiger partial charge in [-0.15, -0.1) is 0 Å². The number of aryl methyl sites for hydroxylation is 2. The number of phenolic OH excluding ortho intramolecular Hbond substituents is 1. The van der Waals surface area contributed by atoms with Gasteiger partial charge in [0.2, 0.25) is 5.91 Å². The average Bonchev–Trinajstić information content (AvgIpc) is 2.96. The Morgan fingerprint density at radius 3 is 2.55 bits per heavy atom. The van der Waals surface area contributed by atoms with E-state index in [9.17, 15) is 19.1 Å². The molecule has 0 aliphatic rings. The summed E-state index contributed by atoms with van der Waals surface area (Å²) >= 11 is 5.91. The monoisotopic (exact) mass is 417 g/mol. The number of amides is 2. The van der Waals surface area contributed by atoms with Crippen LogP contribution >= 0.6 is 11.6 Å². The number of aromatic hydroxyl groups is 1. The lowest BCUT2D eigenvalue weighted by Gasteiger charge is -2.11. The fourth-order valence-electron chi connectivity index (χ4n) is 2.64. The molecule has 2 heterocycles. The first kappa shape index (κ1) is 20.3. The maximum Gasteiger partial charge on any atom is 0.259 e. The fourth-order valence-corrected chi connectivity index (χ4v) is 2.87. The number of carbonyl (C=O) groups is 2. The Morgan fingerprint density at radius 2 is 1.93 bits per heavy atom. The van der Waals surface area contributed by atoms with Crippen LogP contribution in [0.2, 0.25) is 5.15 Å². The number of phenols is 1. The summed E-state index contributed by atoms with van der Waals surface area (Å²) in [6, 6.07) is 5.22. The van der Waals surface area contributed by atoms with Crippen molar-refractivity contribution in [3.8, 4) is 17.0 Å². The minimum Gasteiger partial charge on any atom is -0.507 e. The number of rotatable bonds is 4. The maximum absolute atomic E-state index is 14.7. The molecule has 29 heavy (non-hydrogen) atoms. The first-order chi connectivity index (χ1) is 13.7. The van der Waals surface area contributed by atoms with Crippen molar-refractivity contribution in [3.05, 3.63) is 52.1 Å². The average molecular weight is 418 g/mol. The van der Waals surface area contributed by atoms with Crippen molar-refractivity contribution >= 4 is 34.9 Å². The number of H-pyrrole nitrogens is 1. The van der Waals surface area contributed by atoms with E-state index >= 15 is 0 Å². The van der Waals surface area contributed by atoms with Crippen molar-refractivity contribution in [1.29, 1.82) is 0 Å². The third-order valence-corrected chi connectivity index (χ3v) is 4.41. The number of carbonyl (C=O) groups excluding carboxylic acids is 2. The lowest BCUT2D eigenvalue weighted by atomic mass is 10.0. The highest BCUT2D eigenvalue weighted by atomic mass is 35.5. The lowest BCUT2D eigenvalue weighted by molar-refractivity contribution is -0.114. The van der Waals surface area contributed by atoms with Crippen LogP contribution in [0.3, 0.4) is 0 Å². The van der Waals surface area contributed by atoms with Crippen LogP contribution < -0.4 is 10.6 Å². The van der Waals surface area contributed by atoms with Crippen molar-refractivity contribution in [3.63, 3.8) is 0 Å². The second kappa shape index (κ2) is 7.88. The zero-order valence-corrected chi connectivity index (χ0v) is 16.5. The summed E-state index contributed by atoms with van der Waals surface area (Å²) in [5, 5.41) is 21.8. The van der Waals surface area contributed by atoms with E-state index in [0.29, 0.717) is 11.3 Å². The molecule has 10 heteroatoms. The van der Waals surface area contributed by atoms with Crippen molar-refractivity contribution in [2.75, 3.05) is 10.6 Å². The molecule has 0 saturated carbocycles. The third-order valence-electron chi connectivity index (χ3n) is 4.14. The summed E-state index contributed by atoms with van der Waals surface area (Å²) in [6.07, 6.45) is 0. The highest BCUT2D eigenvalue weighted by Crippen LogP contribution is 2.31. The largest absolute Gasteiger partial charge is 0.507 e. The van der Waals surface area contributed by atoms with Crippen molar-refractivity contribution in [2.45, 2.75) is 20.8 Å². The Balaban J connectivity index is 1.96. The van der Waals surface area contributed by atoms with Gasteiger partial charge in [0.1, 0.15) is 28.2 Å². The van der Waals surface area contributed by atoms with Crippen LogP contribution in [0.15, 0.2) is 24.3 Å². The molecule has 0 unspecified atom stereocenters. The molecule has 150 valence electrons. The number of aromatic nitrogens is 3.